The maximum atomic E-state index is 13.5. The summed E-state index contributed by atoms with van der Waals surface area (Å²) in [5.74, 6) is 0.165. The predicted molar refractivity (Wildman–Crippen MR) is 74.6 cm³/mol. The monoisotopic (exact) mass is 325 g/mol. The first-order valence-electron chi connectivity index (χ1n) is 6.26. The highest BCUT2D eigenvalue weighted by atomic mass is 35.5. The number of ether oxygens (including phenoxy) is 1. The van der Waals surface area contributed by atoms with E-state index >= 15 is 0 Å². The smallest absolute Gasteiger partial charge is 0.321 e. The molecule has 1 aliphatic rings. The van der Waals surface area contributed by atoms with Gasteiger partial charge < -0.3 is 4.74 Å². The van der Waals surface area contributed by atoms with Gasteiger partial charge in [0.2, 0.25) is 5.60 Å². The molecule has 0 fully saturated rings. The summed E-state index contributed by atoms with van der Waals surface area (Å²) in [6.45, 7) is 0. The number of hydrogen-bond donors (Lipinski definition) is 1. The predicted octanol–water partition coefficient (Wildman–Crippen LogP) is 3.43. The molecule has 0 saturated carbocycles. The molecule has 8 heteroatoms. The van der Waals surface area contributed by atoms with Gasteiger partial charge in [-0.3, -0.25) is 10.3 Å². The maximum absolute atomic E-state index is 13.5. The lowest BCUT2D eigenvalue weighted by Gasteiger charge is -2.26. The molecular weight excluding hydrogens is 316 g/mol. The Hall–Kier alpha value is -2.25. The summed E-state index contributed by atoms with van der Waals surface area (Å²) < 4.78 is 32.6. The molecule has 1 aromatic carbocycles. The van der Waals surface area contributed by atoms with Crippen molar-refractivity contribution in [1.82, 2.24) is 15.4 Å². The van der Waals surface area contributed by atoms with Crippen molar-refractivity contribution in [3.63, 3.8) is 0 Å². The molecule has 1 atom stereocenters. The third kappa shape index (κ3) is 2.60. The van der Waals surface area contributed by atoms with Crippen molar-refractivity contribution in [3.8, 4) is 11.8 Å². The number of rotatable bonds is 4. The van der Waals surface area contributed by atoms with Gasteiger partial charge in [-0.05, 0) is 12.1 Å². The molecule has 22 heavy (non-hydrogen) atoms. The Morgan fingerprint density at radius 3 is 2.59 bits per heavy atom. The van der Waals surface area contributed by atoms with Gasteiger partial charge in [-0.15, -0.1) is 0 Å². The zero-order chi connectivity index (χ0) is 15.6. The largest absolute Gasteiger partial charge is 0.424 e. The maximum Gasteiger partial charge on any atom is 0.321 e. The Labute approximate surface area is 129 Å². The standard InChI is InChI=1S/C14H10ClF2N3O2/c15-9-7-18-13(19-8-9)21-11-4-2-1-3-10(11)14(12(16)17)5-6-20-22-14/h1-8,12,20H. The van der Waals surface area contributed by atoms with E-state index in [1.165, 1.54) is 36.8 Å². The van der Waals surface area contributed by atoms with Crippen molar-refractivity contribution >= 4 is 11.6 Å². The van der Waals surface area contributed by atoms with Gasteiger partial charge in [-0.1, -0.05) is 29.8 Å². The van der Waals surface area contributed by atoms with Crippen LogP contribution in [-0.4, -0.2) is 16.4 Å². The summed E-state index contributed by atoms with van der Waals surface area (Å²) in [5.41, 5.74) is 0.556. The van der Waals surface area contributed by atoms with Crippen molar-refractivity contribution in [2.24, 2.45) is 0 Å². The lowest BCUT2D eigenvalue weighted by molar-refractivity contribution is -0.131. The summed E-state index contributed by atoms with van der Waals surface area (Å²) in [6, 6.07) is 6.29. The average Bonchev–Trinajstić information content (AvgIpc) is 3.01. The van der Waals surface area contributed by atoms with Crippen LogP contribution in [0.1, 0.15) is 5.56 Å². The van der Waals surface area contributed by atoms with Crippen molar-refractivity contribution < 1.29 is 18.4 Å². The first kappa shape index (κ1) is 14.7. The minimum atomic E-state index is -2.80. The normalized spacial score (nSPS) is 20.2. The van der Waals surface area contributed by atoms with Crippen molar-refractivity contribution in [3.05, 3.63) is 59.5 Å². The fourth-order valence-electron chi connectivity index (χ4n) is 2.03. The number of nitrogens with one attached hydrogen (secondary N) is 1. The average molecular weight is 326 g/mol. The molecule has 0 spiro atoms. The van der Waals surface area contributed by atoms with Crippen LogP contribution < -0.4 is 10.2 Å². The van der Waals surface area contributed by atoms with Gasteiger partial charge in [0.05, 0.1) is 17.4 Å². The fraction of sp³-hybridized carbons (Fsp3) is 0.143. The van der Waals surface area contributed by atoms with Gasteiger partial charge >= 0.3 is 6.01 Å². The van der Waals surface area contributed by atoms with E-state index in [2.05, 4.69) is 15.4 Å². The van der Waals surface area contributed by atoms with Gasteiger partial charge in [-0.2, -0.15) is 0 Å². The van der Waals surface area contributed by atoms with Crippen LogP contribution >= 0.6 is 11.6 Å². The highest BCUT2D eigenvalue weighted by molar-refractivity contribution is 6.30. The minimum absolute atomic E-state index is 0.00352. The Bertz CT molecular complexity index is 697. The Kier molecular flexibility index (Phi) is 3.91. The molecule has 0 radical (unpaired) electrons. The van der Waals surface area contributed by atoms with E-state index in [1.807, 2.05) is 0 Å². The van der Waals surface area contributed by atoms with E-state index in [-0.39, 0.29) is 17.3 Å². The van der Waals surface area contributed by atoms with Crippen LogP contribution in [0.2, 0.25) is 5.02 Å². The summed E-state index contributed by atoms with van der Waals surface area (Å²) in [7, 11) is 0. The molecule has 1 unspecified atom stereocenters. The van der Waals surface area contributed by atoms with Crippen molar-refractivity contribution in [2.75, 3.05) is 0 Å². The number of aromatic nitrogens is 2. The number of para-hydroxylation sites is 1. The molecule has 0 saturated heterocycles. The summed E-state index contributed by atoms with van der Waals surface area (Å²) >= 11 is 5.70. The number of halogens is 3. The molecular formula is C14H10ClF2N3O2. The first-order chi connectivity index (χ1) is 10.6. The third-order valence-corrected chi connectivity index (χ3v) is 3.25. The zero-order valence-electron chi connectivity index (χ0n) is 11.0. The Balaban J connectivity index is 1.99. The van der Waals surface area contributed by atoms with E-state index < -0.39 is 12.0 Å². The van der Waals surface area contributed by atoms with Gasteiger partial charge in [-0.25, -0.2) is 18.7 Å². The van der Waals surface area contributed by atoms with E-state index in [9.17, 15) is 8.78 Å². The lowest BCUT2D eigenvalue weighted by Crippen LogP contribution is -2.35. The number of hydroxylamine groups is 1. The molecule has 1 N–H and O–H groups in total. The van der Waals surface area contributed by atoms with Crippen LogP contribution in [0.5, 0.6) is 11.8 Å². The zero-order valence-corrected chi connectivity index (χ0v) is 11.8. The quantitative estimate of drug-likeness (QED) is 0.933. The van der Waals surface area contributed by atoms with Gasteiger partial charge in [0.15, 0.2) is 0 Å². The molecule has 5 nitrogen and oxygen atoms in total. The second kappa shape index (κ2) is 5.86. The molecule has 1 aliphatic heterocycles. The van der Waals surface area contributed by atoms with Crippen LogP contribution in [0, 0.1) is 0 Å². The summed E-state index contributed by atoms with van der Waals surface area (Å²) in [6.07, 6.45) is 2.45. The fourth-order valence-corrected chi connectivity index (χ4v) is 2.13. The number of alkyl halides is 2. The van der Waals surface area contributed by atoms with Crippen molar-refractivity contribution in [2.45, 2.75) is 12.0 Å². The molecule has 0 aliphatic carbocycles. The van der Waals surface area contributed by atoms with E-state index in [0.29, 0.717) is 5.02 Å². The highest BCUT2D eigenvalue weighted by Crippen LogP contribution is 2.41. The van der Waals surface area contributed by atoms with Crippen LogP contribution in [0.25, 0.3) is 0 Å². The molecule has 0 bridgehead atoms. The van der Waals surface area contributed by atoms with Crippen LogP contribution in [0.15, 0.2) is 48.9 Å². The SMILES string of the molecule is FC(F)C1(c2ccccc2Oc2ncc(Cl)cn2)C=CNO1. The van der Waals surface area contributed by atoms with E-state index in [4.69, 9.17) is 21.2 Å². The number of nitrogens with zero attached hydrogens (tertiary/aromatic N) is 2. The van der Waals surface area contributed by atoms with Gasteiger partial charge in [0, 0.05) is 11.8 Å². The van der Waals surface area contributed by atoms with Gasteiger partial charge in [0.25, 0.3) is 6.43 Å². The Morgan fingerprint density at radius 1 is 1.23 bits per heavy atom. The lowest BCUT2D eigenvalue weighted by atomic mass is 9.93. The number of benzene rings is 1. The second-order valence-corrected chi connectivity index (χ2v) is 4.87. The third-order valence-electron chi connectivity index (χ3n) is 3.06. The minimum Gasteiger partial charge on any atom is -0.424 e. The second-order valence-electron chi connectivity index (χ2n) is 4.43. The molecule has 1 aromatic heterocycles. The van der Waals surface area contributed by atoms with E-state index in [0.717, 1.165) is 0 Å². The van der Waals surface area contributed by atoms with Crippen LogP contribution in [0.4, 0.5) is 8.78 Å². The molecule has 3 rings (SSSR count). The number of hydrogen-bond acceptors (Lipinski definition) is 5. The highest BCUT2D eigenvalue weighted by Gasteiger charge is 2.46. The molecule has 114 valence electrons. The van der Waals surface area contributed by atoms with Gasteiger partial charge in [0.1, 0.15) is 5.75 Å². The first-order valence-corrected chi connectivity index (χ1v) is 6.64. The molecule has 2 heterocycles. The molecule has 0 amide bonds. The van der Waals surface area contributed by atoms with Crippen molar-refractivity contribution in [1.29, 1.82) is 0 Å². The summed E-state index contributed by atoms with van der Waals surface area (Å²) in [4.78, 5) is 12.8. The molecule has 2 aromatic rings. The van der Waals surface area contributed by atoms with Crippen LogP contribution in [-0.2, 0) is 10.4 Å². The topological polar surface area (TPSA) is 56.3 Å². The van der Waals surface area contributed by atoms with E-state index in [1.54, 1.807) is 12.1 Å². The Morgan fingerprint density at radius 2 is 1.95 bits per heavy atom. The summed E-state index contributed by atoms with van der Waals surface area (Å²) in [5, 5.41) is 0.343. The van der Waals surface area contributed by atoms with Crippen LogP contribution in [0.3, 0.4) is 0 Å².